The number of hydrogen-bond acceptors (Lipinski definition) is 14. The van der Waals surface area contributed by atoms with Crippen LogP contribution in [0.1, 0.15) is 150 Å². The monoisotopic (exact) mass is 1070 g/mol. The molecule has 432 valence electrons. The van der Waals surface area contributed by atoms with Gasteiger partial charge in [0.2, 0.25) is 0 Å². The summed E-state index contributed by atoms with van der Waals surface area (Å²) in [5.41, 5.74) is -2.84. The first-order chi connectivity index (χ1) is 36.6. The van der Waals surface area contributed by atoms with Crippen molar-refractivity contribution in [3.05, 3.63) is 0 Å². The zero-order chi connectivity index (χ0) is 54.4. The van der Waals surface area contributed by atoms with Crippen LogP contribution in [0.4, 0.5) is 0 Å². The molecule has 0 radical (unpaired) electrons. The van der Waals surface area contributed by atoms with E-state index in [0.29, 0.717) is 93.5 Å². The number of piperazine rings is 2. The Morgan fingerprint density at radius 2 is 1.17 bits per heavy atom. The predicted molar refractivity (Wildman–Crippen MR) is 292 cm³/mol. The number of nitrogens with zero attached hydrogens (tertiary/aromatic N) is 6. The lowest BCUT2D eigenvalue weighted by Crippen LogP contribution is -2.75. The number of ether oxygens (including phenoxy) is 1. The van der Waals surface area contributed by atoms with E-state index in [1.165, 1.54) is 6.92 Å². The Kier molecular flexibility index (Phi) is 14.5. The van der Waals surface area contributed by atoms with E-state index in [-0.39, 0.29) is 76.6 Å². The molecule has 4 aliphatic heterocycles. The van der Waals surface area contributed by atoms with Gasteiger partial charge in [0, 0.05) is 135 Å². The fourth-order valence-electron chi connectivity index (χ4n) is 23.4. The van der Waals surface area contributed by atoms with Gasteiger partial charge in [-0.3, -0.25) is 38.8 Å². The number of esters is 1. The highest BCUT2D eigenvalue weighted by molar-refractivity contribution is 5.80. The molecule has 12 fully saturated rings. The Labute approximate surface area is 460 Å². The first-order valence-electron chi connectivity index (χ1n) is 31.4. The quantitative estimate of drug-likeness (QED) is 0.231. The standard InChI is InChI=1S/C62H100N6O9/c1-38(69)77-62(37-53(74)75)52(67-30-26-64(7)27-31-67)34-47-43-10-19-61(36-51(73)49(65-20-13-40(70)14-21-65)35-59(61,4)44(43)12-18-58(47,62)3)55-54(68-22-15-41(71)16-23-68)50(72)32-39-8-9-42-45(60(39,55)5)11-17-57(2)46(42)33-48(56(57)76)66-28-24-63(6)25-29-66/h39,42-52,54-56,72-73,76H,8-37H2,1-7H3,(H,74,75)/t39?,42-,43-,44-,45-,46+,47+,48?,49?,50?,51?,52?,54?,55?,56?,57+,58+,59-,60+,61?,62?/m1/s1. The molecule has 4 heterocycles. The number of carboxylic acids is 1. The van der Waals surface area contributed by atoms with Crippen molar-refractivity contribution in [1.82, 2.24) is 29.4 Å². The van der Waals surface area contributed by atoms with Crippen LogP contribution in [-0.2, 0) is 23.9 Å². The number of piperidine rings is 2. The molecule has 4 N–H and O–H groups in total. The fraction of sp³-hybridized carbons (Fsp3) is 0.935. The van der Waals surface area contributed by atoms with Crippen molar-refractivity contribution in [2.24, 2.45) is 74.4 Å². The summed E-state index contributed by atoms with van der Waals surface area (Å²) >= 11 is 0. The number of aliphatic hydroxyl groups excluding tert-OH is 3. The minimum absolute atomic E-state index is 0.0282. The number of carbonyl (C=O) groups is 4. The third-order valence-electron chi connectivity index (χ3n) is 27.1. The van der Waals surface area contributed by atoms with Crippen molar-refractivity contribution >= 4 is 23.5 Å². The zero-order valence-electron chi connectivity index (χ0n) is 48.4. The minimum atomic E-state index is -1.19. The van der Waals surface area contributed by atoms with Gasteiger partial charge in [-0.15, -0.1) is 0 Å². The van der Waals surface area contributed by atoms with Crippen LogP contribution in [0.25, 0.3) is 0 Å². The van der Waals surface area contributed by atoms with E-state index in [4.69, 9.17) is 4.74 Å². The number of carbonyl (C=O) groups excluding carboxylic acids is 3. The third-order valence-corrected chi connectivity index (χ3v) is 27.1. The van der Waals surface area contributed by atoms with Gasteiger partial charge in [0.25, 0.3) is 0 Å². The van der Waals surface area contributed by atoms with Crippen LogP contribution in [0, 0.1) is 74.4 Å². The Hall–Kier alpha value is -2.08. The summed E-state index contributed by atoms with van der Waals surface area (Å²) in [5, 5.41) is 50.1. The van der Waals surface area contributed by atoms with Crippen molar-refractivity contribution in [1.29, 1.82) is 0 Å². The van der Waals surface area contributed by atoms with Crippen molar-refractivity contribution in [3.8, 4) is 0 Å². The Morgan fingerprint density at radius 1 is 0.584 bits per heavy atom. The SMILES string of the molecule is CC(=O)OC1(CC(=O)O)C(N2CCN(C)CC2)C[C@H]2[C@@H]3CCC4(C5C(N6CCC(=O)CC6)C(O)CC6CC[C@@H]7[C@@H](CC[C@]8(C)C(O)C(N9CCN(C)CC9)C[C@@H]78)[C@]65C)CC(O)C(N5CCC(=O)CC5)C[C@]4(C)[C@@H]3CC[C@@]21C. The van der Waals surface area contributed by atoms with E-state index in [2.05, 4.69) is 71.2 Å². The summed E-state index contributed by atoms with van der Waals surface area (Å²) in [7, 11) is 4.35. The number of aliphatic carboxylic acids is 1. The summed E-state index contributed by atoms with van der Waals surface area (Å²) in [6.07, 6.45) is 11.9. The largest absolute Gasteiger partial charge is 0.481 e. The summed E-state index contributed by atoms with van der Waals surface area (Å²) in [6, 6.07) is -0.357. The van der Waals surface area contributed by atoms with Gasteiger partial charge in [-0.1, -0.05) is 27.7 Å². The van der Waals surface area contributed by atoms with Gasteiger partial charge < -0.3 is 35.0 Å². The maximum atomic E-state index is 13.6. The molecule has 0 aromatic heterocycles. The molecule has 0 amide bonds. The van der Waals surface area contributed by atoms with E-state index in [0.717, 1.165) is 129 Å². The maximum Gasteiger partial charge on any atom is 0.307 e. The first kappa shape index (κ1) is 55.5. The number of rotatable bonds is 8. The number of ketones is 2. The molecule has 8 aliphatic carbocycles. The predicted octanol–water partition coefficient (Wildman–Crippen LogP) is 5.27. The Morgan fingerprint density at radius 3 is 1.79 bits per heavy atom. The summed E-state index contributed by atoms with van der Waals surface area (Å²) < 4.78 is 6.71. The van der Waals surface area contributed by atoms with E-state index in [9.17, 15) is 39.6 Å². The van der Waals surface area contributed by atoms with E-state index >= 15 is 0 Å². The molecule has 0 bridgehead atoms. The van der Waals surface area contributed by atoms with Gasteiger partial charge in [0.15, 0.2) is 0 Å². The molecule has 0 spiro atoms. The minimum Gasteiger partial charge on any atom is -0.481 e. The first-order valence-corrected chi connectivity index (χ1v) is 31.4. The molecule has 15 nitrogen and oxygen atoms in total. The number of likely N-dealkylation sites (tertiary alicyclic amines) is 2. The molecule has 12 aliphatic rings. The lowest BCUT2D eigenvalue weighted by molar-refractivity contribution is -0.288. The van der Waals surface area contributed by atoms with Crippen LogP contribution >= 0.6 is 0 Å². The number of fused-ring (bicyclic) bond motifs is 10. The second-order valence-corrected chi connectivity index (χ2v) is 29.7. The second-order valence-electron chi connectivity index (χ2n) is 29.7. The maximum absolute atomic E-state index is 13.6. The molecule has 11 unspecified atom stereocenters. The van der Waals surface area contributed by atoms with E-state index < -0.39 is 40.6 Å². The molecule has 77 heavy (non-hydrogen) atoms. The summed E-state index contributed by atoms with van der Waals surface area (Å²) in [6.45, 7) is 21.5. The van der Waals surface area contributed by atoms with Crippen LogP contribution in [0.2, 0.25) is 0 Å². The van der Waals surface area contributed by atoms with Crippen molar-refractivity contribution in [2.75, 3.05) is 92.6 Å². The lowest BCUT2D eigenvalue weighted by atomic mass is 9.30. The van der Waals surface area contributed by atoms with Gasteiger partial charge >= 0.3 is 11.9 Å². The van der Waals surface area contributed by atoms with Crippen LogP contribution in [0.3, 0.4) is 0 Å². The van der Waals surface area contributed by atoms with E-state index in [1.54, 1.807) is 0 Å². The highest BCUT2D eigenvalue weighted by Crippen LogP contribution is 2.79. The lowest BCUT2D eigenvalue weighted by Gasteiger charge is -2.76. The highest BCUT2D eigenvalue weighted by Gasteiger charge is 2.78. The normalized spacial score (nSPS) is 51.4. The Bertz CT molecular complexity index is 2240. The average Bonchev–Trinajstić information content (AvgIpc) is 3.84. The molecule has 0 aromatic carbocycles. The highest BCUT2D eigenvalue weighted by atomic mass is 16.6. The van der Waals surface area contributed by atoms with Gasteiger partial charge in [-0.25, -0.2) is 0 Å². The van der Waals surface area contributed by atoms with Gasteiger partial charge in [-0.2, -0.15) is 0 Å². The van der Waals surface area contributed by atoms with Crippen molar-refractivity contribution < 1.29 is 44.3 Å². The van der Waals surface area contributed by atoms with Crippen molar-refractivity contribution in [2.45, 2.75) is 198 Å². The second kappa shape index (κ2) is 20.1. The molecule has 0 aromatic rings. The third kappa shape index (κ3) is 8.43. The number of aliphatic hydroxyl groups is 3. The smallest absolute Gasteiger partial charge is 0.307 e. The Balaban J connectivity index is 0.986. The van der Waals surface area contributed by atoms with Crippen LogP contribution in [-0.4, -0.2) is 214 Å². The fourth-order valence-corrected chi connectivity index (χ4v) is 23.4. The molecular weight excluding hydrogens is 973 g/mol. The molecule has 8 saturated carbocycles. The number of carboxylic acid groups (broad SMARTS) is 1. The van der Waals surface area contributed by atoms with Crippen LogP contribution < -0.4 is 0 Å². The average molecular weight is 1070 g/mol. The van der Waals surface area contributed by atoms with Gasteiger partial charge in [-0.05, 0) is 167 Å². The molecule has 21 atom stereocenters. The topological polar surface area (TPSA) is 178 Å². The van der Waals surface area contributed by atoms with Gasteiger partial charge in [0.1, 0.15) is 17.2 Å². The molecule has 12 rings (SSSR count). The van der Waals surface area contributed by atoms with Gasteiger partial charge in [0.05, 0.1) is 30.8 Å². The summed E-state index contributed by atoms with van der Waals surface area (Å²) in [5.74, 6) is 1.39. The number of likely N-dealkylation sites (N-methyl/N-ethyl adjacent to an activating group) is 2. The summed E-state index contributed by atoms with van der Waals surface area (Å²) in [4.78, 5) is 67.9. The number of hydrogen-bond donors (Lipinski definition) is 4. The van der Waals surface area contributed by atoms with Crippen LogP contribution in [0.5, 0.6) is 0 Å². The molecular formula is C62H100N6O9. The van der Waals surface area contributed by atoms with Crippen LogP contribution in [0.15, 0.2) is 0 Å². The van der Waals surface area contributed by atoms with Crippen molar-refractivity contribution in [3.63, 3.8) is 0 Å². The van der Waals surface area contributed by atoms with E-state index in [1.807, 2.05) is 0 Å². The number of Topliss-reactive ketones (excluding diaryl/α,β-unsaturated/α-hetero) is 2. The molecule has 15 heteroatoms. The molecule has 4 saturated heterocycles. The zero-order valence-corrected chi connectivity index (χ0v) is 48.4.